The lowest BCUT2D eigenvalue weighted by atomic mass is 10.1. The van der Waals surface area contributed by atoms with Crippen LogP contribution >= 0.6 is 0 Å². The monoisotopic (exact) mass is 660 g/mol. The Morgan fingerprint density at radius 1 is 0.620 bits per heavy atom. The maximum Gasteiger partial charge on any atom is 0.273 e. The summed E-state index contributed by atoms with van der Waals surface area (Å²) in [7, 11) is 0. The number of hydrogen-bond acceptors (Lipinski definition) is 8. The number of pyridine rings is 2. The molecule has 12 nitrogen and oxygen atoms in total. The number of anilines is 2. The standard InChI is InChI=1S/C38H32N10O2/c1-25-5-7-31(19-29(25)23-39)43-37(49)35-21-33(27-9-13-41-14-10-27)45-47(35)17-3-4-18-48-36(22-34(46-48)28-11-15-42-16-12-28)38(50)44-32-8-6-26(2)30(20-32)24-40/h5-16,19-22H,3-4,17-18H2,1-2H3,(H,43,49)(H,44,50). The summed E-state index contributed by atoms with van der Waals surface area (Å²) in [6, 6.07) is 25.5. The summed E-state index contributed by atoms with van der Waals surface area (Å²) in [6.07, 6.45) is 7.92. The molecule has 2 aromatic carbocycles. The number of hydrogen-bond donors (Lipinski definition) is 2. The number of rotatable bonds is 11. The zero-order chi connectivity index (χ0) is 35.0. The second kappa shape index (κ2) is 14.9. The van der Waals surface area contributed by atoms with Gasteiger partial charge >= 0.3 is 0 Å². The van der Waals surface area contributed by atoms with Gasteiger partial charge in [-0.3, -0.25) is 28.9 Å². The number of carbonyl (C=O) groups excluding carboxylic acids is 2. The van der Waals surface area contributed by atoms with Crippen LogP contribution in [0.25, 0.3) is 22.5 Å². The molecule has 4 heterocycles. The van der Waals surface area contributed by atoms with Gasteiger partial charge in [0.1, 0.15) is 11.4 Å². The van der Waals surface area contributed by atoms with E-state index in [0.717, 1.165) is 22.3 Å². The van der Waals surface area contributed by atoms with E-state index in [1.807, 2.05) is 38.1 Å². The maximum atomic E-state index is 13.5. The van der Waals surface area contributed by atoms with Crippen molar-refractivity contribution in [3.8, 4) is 34.7 Å². The number of aryl methyl sites for hydroxylation is 4. The molecule has 4 aromatic heterocycles. The molecule has 0 saturated carbocycles. The fourth-order valence-corrected chi connectivity index (χ4v) is 5.42. The molecule has 0 aliphatic heterocycles. The van der Waals surface area contributed by atoms with Crippen LogP contribution in [-0.4, -0.2) is 41.3 Å². The molecule has 0 spiro atoms. The Labute approximate surface area is 288 Å². The molecule has 0 saturated heterocycles. The van der Waals surface area contributed by atoms with Gasteiger partial charge in [-0.15, -0.1) is 0 Å². The molecule has 50 heavy (non-hydrogen) atoms. The van der Waals surface area contributed by atoms with Gasteiger partial charge in [-0.05, 0) is 98.5 Å². The second-order valence-corrected chi connectivity index (χ2v) is 11.6. The van der Waals surface area contributed by atoms with Crippen LogP contribution < -0.4 is 10.6 Å². The van der Waals surface area contributed by atoms with E-state index in [-0.39, 0.29) is 11.8 Å². The number of nitrogens with one attached hydrogen (secondary N) is 2. The summed E-state index contributed by atoms with van der Waals surface area (Å²) in [5, 5.41) is 34.2. The van der Waals surface area contributed by atoms with Gasteiger partial charge in [0.05, 0.1) is 34.7 Å². The first-order chi connectivity index (χ1) is 24.3. The third-order valence-electron chi connectivity index (χ3n) is 8.20. The predicted octanol–water partition coefficient (Wildman–Crippen LogP) is 6.55. The Hall–Kier alpha value is -6.92. The molecule has 0 bridgehead atoms. The SMILES string of the molecule is Cc1ccc(NC(=O)c2cc(-c3ccncc3)nn2CCCCn2nc(-c3ccncc3)cc2C(=O)Nc2ccc(C)c(C#N)c2)cc1C#N. The van der Waals surface area contributed by atoms with Crippen LogP contribution in [0.5, 0.6) is 0 Å². The van der Waals surface area contributed by atoms with Crippen molar-refractivity contribution in [3.05, 3.63) is 131 Å². The van der Waals surface area contributed by atoms with Gasteiger partial charge in [0.2, 0.25) is 0 Å². The van der Waals surface area contributed by atoms with Crippen LogP contribution in [0.4, 0.5) is 11.4 Å². The average molecular weight is 661 g/mol. The van der Waals surface area contributed by atoms with Gasteiger partial charge in [-0.2, -0.15) is 20.7 Å². The summed E-state index contributed by atoms with van der Waals surface area (Å²) in [4.78, 5) is 35.2. The third-order valence-corrected chi connectivity index (χ3v) is 8.20. The molecule has 0 unspecified atom stereocenters. The number of carbonyl (C=O) groups is 2. The lowest BCUT2D eigenvalue weighted by Crippen LogP contribution is -2.19. The van der Waals surface area contributed by atoms with E-state index < -0.39 is 0 Å². The van der Waals surface area contributed by atoms with Crippen molar-refractivity contribution in [2.45, 2.75) is 39.8 Å². The van der Waals surface area contributed by atoms with Gasteiger partial charge in [0.25, 0.3) is 11.8 Å². The highest BCUT2D eigenvalue weighted by Crippen LogP contribution is 2.23. The topological polar surface area (TPSA) is 167 Å². The Morgan fingerprint density at radius 2 is 1.02 bits per heavy atom. The van der Waals surface area contributed by atoms with Crippen LogP contribution in [-0.2, 0) is 13.1 Å². The highest BCUT2D eigenvalue weighted by atomic mass is 16.2. The van der Waals surface area contributed by atoms with E-state index in [0.29, 0.717) is 71.2 Å². The predicted molar refractivity (Wildman–Crippen MR) is 188 cm³/mol. The van der Waals surface area contributed by atoms with Crippen molar-refractivity contribution in [3.63, 3.8) is 0 Å². The van der Waals surface area contributed by atoms with Crippen LogP contribution in [0.1, 0.15) is 56.1 Å². The number of nitrogens with zero attached hydrogens (tertiary/aromatic N) is 8. The minimum atomic E-state index is -0.353. The minimum absolute atomic E-state index is 0.353. The fraction of sp³-hybridized carbons (Fsp3) is 0.158. The molecule has 0 fully saturated rings. The minimum Gasteiger partial charge on any atom is -0.321 e. The number of aromatic nitrogens is 6. The average Bonchev–Trinajstić information content (AvgIpc) is 3.78. The first kappa shape index (κ1) is 33.0. The van der Waals surface area contributed by atoms with Gasteiger partial charge in [0.15, 0.2) is 0 Å². The quantitative estimate of drug-likeness (QED) is 0.148. The lowest BCUT2D eigenvalue weighted by Gasteiger charge is -2.11. The van der Waals surface area contributed by atoms with Gasteiger partial charge in [-0.1, -0.05) is 12.1 Å². The lowest BCUT2D eigenvalue weighted by molar-refractivity contribution is 0.100. The molecule has 2 N–H and O–H groups in total. The number of benzene rings is 2. The van der Waals surface area contributed by atoms with E-state index in [2.05, 4.69) is 32.7 Å². The zero-order valence-corrected chi connectivity index (χ0v) is 27.5. The number of unbranched alkanes of at least 4 members (excludes halogenated alkanes) is 1. The van der Waals surface area contributed by atoms with Crippen molar-refractivity contribution in [1.82, 2.24) is 29.5 Å². The van der Waals surface area contributed by atoms with Crippen LogP contribution in [0, 0.1) is 36.5 Å². The highest BCUT2D eigenvalue weighted by molar-refractivity contribution is 6.04. The van der Waals surface area contributed by atoms with Gasteiger partial charge in [0, 0.05) is 60.4 Å². The Morgan fingerprint density at radius 3 is 1.40 bits per heavy atom. The summed E-state index contributed by atoms with van der Waals surface area (Å²) in [6.45, 7) is 4.53. The van der Waals surface area contributed by atoms with Crippen molar-refractivity contribution in [1.29, 1.82) is 10.5 Å². The zero-order valence-electron chi connectivity index (χ0n) is 27.5. The molecular weight excluding hydrogens is 628 g/mol. The molecule has 0 aliphatic rings. The number of amides is 2. The Kier molecular flexibility index (Phi) is 9.82. The first-order valence-corrected chi connectivity index (χ1v) is 15.9. The molecule has 0 radical (unpaired) electrons. The summed E-state index contributed by atoms with van der Waals surface area (Å²) < 4.78 is 3.35. The molecule has 2 amide bonds. The highest BCUT2D eigenvalue weighted by Gasteiger charge is 2.19. The van der Waals surface area contributed by atoms with E-state index in [1.54, 1.807) is 82.7 Å². The van der Waals surface area contributed by atoms with Crippen LogP contribution in [0.15, 0.2) is 97.6 Å². The molecule has 0 atom stereocenters. The van der Waals surface area contributed by atoms with Crippen molar-refractivity contribution >= 4 is 23.2 Å². The summed E-state index contributed by atoms with van der Waals surface area (Å²) in [5.41, 5.74) is 7.27. The largest absolute Gasteiger partial charge is 0.321 e. The van der Waals surface area contributed by atoms with Crippen molar-refractivity contribution in [2.24, 2.45) is 0 Å². The Balaban J connectivity index is 1.21. The molecular formula is C38H32N10O2. The smallest absolute Gasteiger partial charge is 0.273 e. The van der Waals surface area contributed by atoms with Gasteiger partial charge < -0.3 is 10.6 Å². The summed E-state index contributed by atoms with van der Waals surface area (Å²) >= 11 is 0. The number of nitriles is 2. The van der Waals surface area contributed by atoms with E-state index in [4.69, 9.17) is 10.2 Å². The van der Waals surface area contributed by atoms with E-state index in [9.17, 15) is 20.1 Å². The van der Waals surface area contributed by atoms with Crippen molar-refractivity contribution in [2.75, 3.05) is 10.6 Å². The molecule has 246 valence electrons. The van der Waals surface area contributed by atoms with Crippen LogP contribution in [0.3, 0.4) is 0 Å². The van der Waals surface area contributed by atoms with E-state index >= 15 is 0 Å². The molecule has 6 aromatic rings. The fourth-order valence-electron chi connectivity index (χ4n) is 5.42. The normalized spacial score (nSPS) is 10.6. The maximum absolute atomic E-state index is 13.5. The second-order valence-electron chi connectivity index (χ2n) is 11.6. The Bertz CT molecular complexity index is 2100. The van der Waals surface area contributed by atoms with Crippen LogP contribution in [0.2, 0.25) is 0 Å². The van der Waals surface area contributed by atoms with E-state index in [1.165, 1.54) is 0 Å². The summed E-state index contributed by atoms with van der Waals surface area (Å²) in [5.74, 6) is -0.705. The van der Waals surface area contributed by atoms with Gasteiger partial charge in [-0.25, -0.2) is 0 Å². The third kappa shape index (κ3) is 7.46. The molecule has 12 heteroatoms. The molecule has 0 aliphatic carbocycles. The van der Waals surface area contributed by atoms with Crippen molar-refractivity contribution < 1.29 is 9.59 Å². The molecule has 6 rings (SSSR count). The first-order valence-electron chi connectivity index (χ1n) is 15.9.